The van der Waals surface area contributed by atoms with Crippen LogP contribution in [-0.2, 0) is 29.6 Å². The highest BCUT2D eigenvalue weighted by Crippen LogP contribution is 2.34. The lowest BCUT2D eigenvalue weighted by Gasteiger charge is -2.14. The molecule has 1 aliphatic rings. The van der Waals surface area contributed by atoms with Crippen LogP contribution in [0.1, 0.15) is 37.7 Å². The number of benzene rings is 1. The molecule has 0 bridgehead atoms. The van der Waals surface area contributed by atoms with Gasteiger partial charge in [-0.1, -0.05) is 44.0 Å². The van der Waals surface area contributed by atoms with Gasteiger partial charge in [0.15, 0.2) is 5.13 Å². The minimum absolute atomic E-state index is 0.0452. The zero-order chi connectivity index (χ0) is 20.8. The fourth-order valence-corrected chi connectivity index (χ4v) is 5.01. The molecule has 0 spiro atoms. The molecule has 0 fully saturated rings. The van der Waals surface area contributed by atoms with Gasteiger partial charge in [-0.25, -0.2) is 4.98 Å². The first-order valence-corrected chi connectivity index (χ1v) is 11.3. The van der Waals surface area contributed by atoms with Crippen LogP contribution in [0.15, 0.2) is 17.5 Å². The summed E-state index contributed by atoms with van der Waals surface area (Å²) in [6.07, 6.45) is 1.76. The van der Waals surface area contributed by atoms with Crippen LogP contribution < -0.4 is 10.6 Å². The van der Waals surface area contributed by atoms with Gasteiger partial charge in [0, 0.05) is 34.8 Å². The molecule has 3 heterocycles. The molecule has 4 rings (SSSR count). The van der Waals surface area contributed by atoms with Crippen molar-refractivity contribution in [1.82, 2.24) is 14.9 Å². The number of aromatic nitrogens is 2. The second-order valence-corrected chi connectivity index (χ2v) is 10.1. The number of carbonyl (C=O) groups is 1. The Morgan fingerprint density at radius 3 is 2.69 bits per heavy atom. The largest absolute Gasteiger partial charge is 0.335 e. The number of rotatable bonds is 3. The Balaban J connectivity index is 1.66. The van der Waals surface area contributed by atoms with E-state index in [4.69, 9.17) is 23.2 Å². The lowest BCUT2D eigenvalue weighted by atomic mass is 9.93. The van der Waals surface area contributed by atoms with Crippen LogP contribution in [0.3, 0.4) is 0 Å². The molecule has 1 amide bonds. The molecule has 2 aromatic heterocycles. The van der Waals surface area contributed by atoms with Gasteiger partial charge < -0.3 is 15.2 Å². The molecule has 3 aromatic rings. The van der Waals surface area contributed by atoms with Crippen LogP contribution in [0.2, 0.25) is 10.0 Å². The molecule has 0 aliphatic carbocycles. The maximum Gasteiger partial charge on any atom is 0.246 e. The van der Waals surface area contributed by atoms with E-state index in [0.717, 1.165) is 42.5 Å². The zero-order valence-electron chi connectivity index (χ0n) is 16.7. The second kappa shape index (κ2) is 7.91. The summed E-state index contributed by atoms with van der Waals surface area (Å²) >= 11 is 14.0. The highest BCUT2D eigenvalue weighted by atomic mass is 35.5. The molecule has 0 saturated carbocycles. The third-order valence-electron chi connectivity index (χ3n) is 5.24. The van der Waals surface area contributed by atoms with Crippen molar-refractivity contribution in [2.45, 2.75) is 45.6 Å². The molecule has 0 saturated heterocycles. The number of thiazole rings is 1. The molecular formula is C21H24Cl2N4OS. The average Bonchev–Trinajstić information content (AvgIpc) is 3.11. The first kappa shape index (κ1) is 20.7. The molecule has 5 nitrogen and oxygen atoms in total. The quantitative estimate of drug-likeness (QED) is 0.587. The summed E-state index contributed by atoms with van der Waals surface area (Å²) in [5.41, 5.74) is 4.31. The summed E-state index contributed by atoms with van der Waals surface area (Å²) in [5.74, 6) is -0.0946. The van der Waals surface area contributed by atoms with E-state index >= 15 is 0 Å². The average molecular weight is 451 g/mol. The maximum atomic E-state index is 12.9. The molecule has 0 radical (unpaired) electrons. The first-order valence-electron chi connectivity index (χ1n) is 9.69. The normalized spacial score (nSPS) is 14.7. The van der Waals surface area contributed by atoms with E-state index in [1.54, 1.807) is 0 Å². The predicted octanol–water partition coefficient (Wildman–Crippen LogP) is 5.03. The van der Waals surface area contributed by atoms with E-state index in [1.165, 1.54) is 22.6 Å². The topological polar surface area (TPSA) is 59.0 Å². The second-order valence-electron chi connectivity index (χ2n) is 8.38. The summed E-state index contributed by atoms with van der Waals surface area (Å²) in [6.45, 7) is 8.34. The van der Waals surface area contributed by atoms with E-state index in [0.29, 0.717) is 15.2 Å². The Morgan fingerprint density at radius 1 is 1.24 bits per heavy atom. The minimum Gasteiger partial charge on any atom is -0.335 e. The Kier molecular flexibility index (Phi) is 5.64. The predicted molar refractivity (Wildman–Crippen MR) is 122 cm³/mol. The minimum atomic E-state index is -0.0946. The molecule has 1 aliphatic heterocycles. The monoisotopic (exact) mass is 450 g/mol. The number of halogens is 2. The van der Waals surface area contributed by atoms with E-state index in [-0.39, 0.29) is 17.9 Å². The Bertz CT molecular complexity index is 1080. The SMILES string of the molecule is CC(C)(C)c1csc(NC(=O)Cn2c3c(c4cc(Cl)c(Cl)cc42)CCNCC3)n1. The van der Waals surface area contributed by atoms with Gasteiger partial charge in [-0.3, -0.25) is 4.79 Å². The number of amides is 1. The van der Waals surface area contributed by atoms with Crippen molar-refractivity contribution in [2.24, 2.45) is 0 Å². The van der Waals surface area contributed by atoms with Crippen molar-refractivity contribution < 1.29 is 4.79 Å². The van der Waals surface area contributed by atoms with Crippen LogP contribution in [-0.4, -0.2) is 28.5 Å². The fraction of sp³-hybridized carbons (Fsp3) is 0.429. The van der Waals surface area contributed by atoms with Crippen molar-refractivity contribution in [2.75, 3.05) is 18.4 Å². The Labute approximate surface area is 184 Å². The Morgan fingerprint density at radius 2 is 1.97 bits per heavy atom. The molecule has 0 unspecified atom stereocenters. The van der Waals surface area contributed by atoms with Crippen molar-refractivity contribution in [3.63, 3.8) is 0 Å². The van der Waals surface area contributed by atoms with Gasteiger partial charge >= 0.3 is 0 Å². The molecule has 1 aromatic carbocycles. The highest BCUT2D eigenvalue weighted by molar-refractivity contribution is 7.13. The number of fused-ring (bicyclic) bond motifs is 3. The summed E-state index contributed by atoms with van der Waals surface area (Å²) < 4.78 is 2.08. The summed E-state index contributed by atoms with van der Waals surface area (Å²) in [5, 5.41) is 11.1. The molecule has 2 N–H and O–H groups in total. The zero-order valence-corrected chi connectivity index (χ0v) is 19.1. The van der Waals surface area contributed by atoms with Gasteiger partial charge in [0.25, 0.3) is 0 Å². The number of hydrogen-bond donors (Lipinski definition) is 2. The van der Waals surface area contributed by atoms with Crippen LogP contribution in [0, 0.1) is 0 Å². The number of nitrogens with one attached hydrogen (secondary N) is 2. The molecule has 0 atom stereocenters. The number of hydrogen-bond acceptors (Lipinski definition) is 4. The van der Waals surface area contributed by atoms with Crippen LogP contribution >= 0.6 is 34.5 Å². The number of anilines is 1. The molecule has 154 valence electrons. The van der Waals surface area contributed by atoms with Gasteiger partial charge in [0.2, 0.25) is 5.91 Å². The maximum absolute atomic E-state index is 12.9. The van der Waals surface area contributed by atoms with E-state index < -0.39 is 0 Å². The van der Waals surface area contributed by atoms with E-state index in [1.807, 2.05) is 17.5 Å². The number of carbonyl (C=O) groups excluding carboxylic acids is 1. The van der Waals surface area contributed by atoms with Crippen molar-refractivity contribution in [3.8, 4) is 0 Å². The van der Waals surface area contributed by atoms with Crippen LogP contribution in [0.5, 0.6) is 0 Å². The fourth-order valence-electron chi connectivity index (χ4n) is 3.73. The third-order valence-corrected chi connectivity index (χ3v) is 6.72. The lowest BCUT2D eigenvalue weighted by molar-refractivity contribution is -0.116. The molecule has 29 heavy (non-hydrogen) atoms. The summed E-state index contributed by atoms with van der Waals surface area (Å²) in [6, 6.07) is 3.80. The molecule has 8 heteroatoms. The van der Waals surface area contributed by atoms with Gasteiger partial charge in [0.1, 0.15) is 6.54 Å². The van der Waals surface area contributed by atoms with Gasteiger partial charge in [-0.15, -0.1) is 11.3 Å². The molecular weight excluding hydrogens is 427 g/mol. The van der Waals surface area contributed by atoms with Gasteiger partial charge in [0.05, 0.1) is 21.3 Å². The van der Waals surface area contributed by atoms with Crippen molar-refractivity contribution >= 4 is 56.5 Å². The standard InChI is InChI=1S/C21H24Cl2N4OS/c1-21(2,3)18-11-29-20(25-18)26-19(28)10-27-16-5-7-24-6-4-12(16)13-8-14(22)15(23)9-17(13)27/h8-9,11,24H,4-7,10H2,1-3H3,(H,25,26,28). The van der Waals surface area contributed by atoms with E-state index in [9.17, 15) is 4.79 Å². The third kappa shape index (κ3) is 4.17. The summed E-state index contributed by atoms with van der Waals surface area (Å²) in [7, 11) is 0. The van der Waals surface area contributed by atoms with Gasteiger partial charge in [-0.2, -0.15) is 0 Å². The van der Waals surface area contributed by atoms with Crippen molar-refractivity contribution in [3.05, 3.63) is 44.5 Å². The number of nitrogens with zero attached hydrogens (tertiary/aromatic N) is 2. The lowest BCUT2D eigenvalue weighted by Crippen LogP contribution is -2.21. The van der Waals surface area contributed by atoms with Gasteiger partial charge in [-0.05, 0) is 30.7 Å². The van der Waals surface area contributed by atoms with Crippen LogP contribution in [0.4, 0.5) is 5.13 Å². The summed E-state index contributed by atoms with van der Waals surface area (Å²) in [4.78, 5) is 17.4. The van der Waals surface area contributed by atoms with E-state index in [2.05, 4.69) is 41.0 Å². The van der Waals surface area contributed by atoms with Crippen molar-refractivity contribution in [1.29, 1.82) is 0 Å². The van der Waals surface area contributed by atoms with Crippen LogP contribution in [0.25, 0.3) is 10.9 Å². The first-order chi connectivity index (χ1) is 13.7. The highest BCUT2D eigenvalue weighted by Gasteiger charge is 2.22. The smallest absolute Gasteiger partial charge is 0.246 e. The Hall–Kier alpha value is -1.60.